The summed E-state index contributed by atoms with van der Waals surface area (Å²) in [7, 11) is 0. The number of carboxylic acid groups (broad SMARTS) is 1. The fourth-order valence-corrected chi connectivity index (χ4v) is 2.92. The van der Waals surface area contributed by atoms with Gasteiger partial charge in [-0.25, -0.2) is 4.79 Å². The molecule has 0 radical (unpaired) electrons. The summed E-state index contributed by atoms with van der Waals surface area (Å²) < 4.78 is 0.911. The fourth-order valence-electron chi connectivity index (χ4n) is 1.93. The highest BCUT2D eigenvalue weighted by Gasteiger charge is 2.18. The molecule has 3 N–H and O–H groups in total. The van der Waals surface area contributed by atoms with Crippen LogP contribution in [0.15, 0.2) is 45.3 Å². The maximum Gasteiger partial charge on any atom is 0.337 e. The van der Waals surface area contributed by atoms with E-state index in [0.717, 1.165) is 6.07 Å². The zero-order valence-electron chi connectivity index (χ0n) is 12.7. The van der Waals surface area contributed by atoms with E-state index < -0.39 is 16.8 Å². The first-order valence-corrected chi connectivity index (χ1v) is 8.77. The summed E-state index contributed by atoms with van der Waals surface area (Å²) in [6.45, 7) is 0. The SMILES string of the molecule is O=C(NC(=S)Nc1ccc(Br)cc1C(=O)O)c1cc([N+](=O)[O-])ccc1Br. The summed E-state index contributed by atoms with van der Waals surface area (Å²) in [4.78, 5) is 33.8. The van der Waals surface area contributed by atoms with Gasteiger partial charge >= 0.3 is 5.97 Å². The number of hydrogen-bond donors (Lipinski definition) is 3. The zero-order valence-corrected chi connectivity index (χ0v) is 16.6. The van der Waals surface area contributed by atoms with E-state index in [2.05, 4.69) is 42.5 Å². The van der Waals surface area contributed by atoms with Gasteiger partial charge in [-0.1, -0.05) is 15.9 Å². The lowest BCUT2D eigenvalue weighted by Gasteiger charge is -2.12. The molecular weight excluding hydrogens is 494 g/mol. The van der Waals surface area contributed by atoms with Gasteiger partial charge in [0.25, 0.3) is 11.6 Å². The number of thiocarbonyl (C=S) groups is 1. The standard InChI is InChI=1S/C15H9Br2N3O5S/c16-7-1-4-12(10(5-7)14(22)23)18-15(26)19-13(21)9-6-8(20(24)25)2-3-11(9)17/h1-6H,(H,22,23)(H2,18,19,21,26). The molecular formula is C15H9Br2N3O5S. The van der Waals surface area contributed by atoms with Gasteiger partial charge in [0.1, 0.15) is 0 Å². The third-order valence-corrected chi connectivity index (χ3v) is 4.48. The van der Waals surface area contributed by atoms with Crippen LogP contribution in [0.4, 0.5) is 11.4 Å². The number of nitrogens with one attached hydrogen (secondary N) is 2. The Bertz CT molecular complexity index is 935. The molecule has 0 atom stereocenters. The molecule has 0 saturated heterocycles. The van der Waals surface area contributed by atoms with Gasteiger partial charge in [-0.15, -0.1) is 0 Å². The molecule has 0 aliphatic rings. The number of amides is 1. The van der Waals surface area contributed by atoms with Crippen LogP contribution in [0.25, 0.3) is 0 Å². The Kier molecular flexibility index (Phi) is 6.40. The molecule has 0 bridgehead atoms. The second kappa shape index (κ2) is 8.34. The molecule has 1 amide bonds. The molecule has 11 heteroatoms. The third kappa shape index (κ3) is 4.84. The molecule has 2 aromatic rings. The molecule has 8 nitrogen and oxygen atoms in total. The monoisotopic (exact) mass is 501 g/mol. The largest absolute Gasteiger partial charge is 0.478 e. The van der Waals surface area contributed by atoms with E-state index in [-0.39, 0.29) is 27.6 Å². The van der Waals surface area contributed by atoms with Gasteiger partial charge in [0.15, 0.2) is 5.11 Å². The number of carboxylic acids is 1. The van der Waals surface area contributed by atoms with Crippen molar-refractivity contribution in [2.24, 2.45) is 0 Å². The van der Waals surface area contributed by atoms with Crippen LogP contribution in [0.2, 0.25) is 0 Å². The molecule has 0 unspecified atom stereocenters. The van der Waals surface area contributed by atoms with Crippen LogP contribution in [-0.4, -0.2) is 27.0 Å². The number of nitro groups is 1. The van der Waals surface area contributed by atoms with Crippen molar-refractivity contribution in [3.63, 3.8) is 0 Å². The lowest BCUT2D eigenvalue weighted by molar-refractivity contribution is -0.384. The van der Waals surface area contributed by atoms with E-state index in [9.17, 15) is 24.8 Å². The summed E-state index contributed by atoms with van der Waals surface area (Å²) in [6, 6.07) is 8.20. The van der Waals surface area contributed by atoms with Crippen molar-refractivity contribution >= 4 is 72.4 Å². The number of hydrogen-bond acceptors (Lipinski definition) is 5. The lowest BCUT2D eigenvalue weighted by atomic mass is 10.2. The fraction of sp³-hybridized carbons (Fsp3) is 0. The Balaban J connectivity index is 2.19. The minimum absolute atomic E-state index is 0.0117. The summed E-state index contributed by atoms with van der Waals surface area (Å²) in [6.07, 6.45) is 0. The molecule has 26 heavy (non-hydrogen) atoms. The molecule has 0 aliphatic carbocycles. The topological polar surface area (TPSA) is 122 Å². The number of halogens is 2. The van der Waals surface area contributed by atoms with Crippen molar-refractivity contribution in [3.8, 4) is 0 Å². The lowest BCUT2D eigenvalue weighted by Crippen LogP contribution is -2.34. The van der Waals surface area contributed by atoms with E-state index >= 15 is 0 Å². The van der Waals surface area contributed by atoms with Gasteiger partial charge in [0.2, 0.25) is 0 Å². The van der Waals surface area contributed by atoms with Crippen LogP contribution in [0.3, 0.4) is 0 Å². The Morgan fingerprint density at radius 3 is 2.42 bits per heavy atom. The second-order valence-corrected chi connectivity index (χ2v) is 7.00. The Morgan fingerprint density at radius 2 is 1.81 bits per heavy atom. The number of nitro benzene ring substituents is 1. The van der Waals surface area contributed by atoms with Gasteiger partial charge < -0.3 is 10.4 Å². The van der Waals surface area contributed by atoms with Crippen molar-refractivity contribution in [1.82, 2.24) is 5.32 Å². The molecule has 0 saturated carbocycles. The van der Waals surface area contributed by atoms with Gasteiger partial charge in [-0.05, 0) is 52.4 Å². The number of nitrogens with zero attached hydrogens (tertiary/aromatic N) is 1. The van der Waals surface area contributed by atoms with Crippen molar-refractivity contribution in [2.45, 2.75) is 0 Å². The summed E-state index contributed by atoms with van der Waals surface area (Å²) in [5, 5.41) is 24.9. The number of rotatable bonds is 4. The van der Waals surface area contributed by atoms with Gasteiger partial charge in [0.05, 0.1) is 21.7 Å². The minimum Gasteiger partial charge on any atom is -0.478 e. The first-order valence-electron chi connectivity index (χ1n) is 6.78. The maximum absolute atomic E-state index is 12.3. The average Bonchev–Trinajstić information content (AvgIpc) is 2.56. The second-order valence-electron chi connectivity index (χ2n) is 4.82. The number of aromatic carboxylic acids is 1. The summed E-state index contributed by atoms with van der Waals surface area (Å²) >= 11 is 11.3. The molecule has 0 spiro atoms. The number of non-ortho nitro benzene ring substituents is 1. The number of carbonyl (C=O) groups excluding carboxylic acids is 1. The van der Waals surface area contributed by atoms with E-state index in [1.165, 1.54) is 24.3 Å². The molecule has 0 fully saturated rings. The molecule has 2 aromatic carbocycles. The zero-order chi connectivity index (χ0) is 19.4. The summed E-state index contributed by atoms with van der Waals surface area (Å²) in [5.41, 5.74) is -0.104. The average molecular weight is 503 g/mol. The maximum atomic E-state index is 12.3. The van der Waals surface area contributed by atoms with Crippen LogP contribution in [0.5, 0.6) is 0 Å². The highest BCUT2D eigenvalue weighted by molar-refractivity contribution is 9.10. The Morgan fingerprint density at radius 1 is 1.12 bits per heavy atom. The molecule has 0 aliphatic heterocycles. The summed E-state index contributed by atoms with van der Waals surface area (Å²) in [5.74, 6) is -1.86. The van der Waals surface area contributed by atoms with Crippen LogP contribution >= 0.6 is 44.1 Å². The van der Waals surface area contributed by atoms with E-state index in [1.807, 2.05) is 0 Å². The number of carbonyl (C=O) groups is 2. The predicted octanol–water partition coefficient (Wildman–Crippen LogP) is 3.94. The van der Waals surface area contributed by atoms with Crippen molar-refractivity contribution in [3.05, 3.63) is 66.6 Å². The van der Waals surface area contributed by atoms with E-state index in [0.29, 0.717) is 8.95 Å². The molecule has 2 rings (SSSR count). The quantitative estimate of drug-likeness (QED) is 0.328. The third-order valence-electron chi connectivity index (χ3n) is 3.09. The first kappa shape index (κ1) is 19.9. The van der Waals surface area contributed by atoms with Gasteiger partial charge in [-0.3, -0.25) is 20.2 Å². The molecule has 0 aromatic heterocycles. The van der Waals surface area contributed by atoms with Gasteiger partial charge in [-0.2, -0.15) is 0 Å². The van der Waals surface area contributed by atoms with E-state index in [4.69, 9.17) is 12.2 Å². The van der Waals surface area contributed by atoms with Crippen LogP contribution in [0.1, 0.15) is 20.7 Å². The van der Waals surface area contributed by atoms with Crippen molar-refractivity contribution < 1.29 is 19.6 Å². The van der Waals surface area contributed by atoms with Crippen LogP contribution in [-0.2, 0) is 0 Å². The minimum atomic E-state index is -1.18. The number of benzene rings is 2. The smallest absolute Gasteiger partial charge is 0.337 e. The first-order chi connectivity index (χ1) is 12.2. The van der Waals surface area contributed by atoms with Gasteiger partial charge in [0, 0.05) is 21.1 Å². The van der Waals surface area contributed by atoms with Crippen molar-refractivity contribution in [1.29, 1.82) is 0 Å². The highest BCUT2D eigenvalue weighted by atomic mass is 79.9. The van der Waals surface area contributed by atoms with Crippen molar-refractivity contribution in [2.75, 3.05) is 5.32 Å². The van der Waals surface area contributed by atoms with Crippen LogP contribution < -0.4 is 10.6 Å². The number of anilines is 1. The highest BCUT2D eigenvalue weighted by Crippen LogP contribution is 2.23. The Hall–Kier alpha value is -2.37. The van der Waals surface area contributed by atoms with E-state index in [1.54, 1.807) is 6.07 Å². The predicted molar refractivity (Wildman–Crippen MR) is 106 cm³/mol. The normalized spacial score (nSPS) is 10.1. The van der Waals surface area contributed by atoms with Crippen LogP contribution in [0, 0.1) is 10.1 Å². The molecule has 134 valence electrons. The molecule has 0 heterocycles. The Labute approximate surface area is 169 Å².